The van der Waals surface area contributed by atoms with Crippen molar-refractivity contribution in [2.45, 2.75) is 6.23 Å². The summed E-state index contributed by atoms with van der Waals surface area (Å²) in [5.41, 5.74) is 1.37. The number of fused-ring (bicyclic) bond motifs is 1. The zero-order valence-corrected chi connectivity index (χ0v) is 11.2. The van der Waals surface area contributed by atoms with Gasteiger partial charge in [-0.15, -0.1) is 0 Å². The van der Waals surface area contributed by atoms with Crippen LogP contribution in [-0.4, -0.2) is 25.9 Å². The molecule has 3 rings (SSSR count). The number of hydrogen-bond acceptors (Lipinski definition) is 3. The van der Waals surface area contributed by atoms with Gasteiger partial charge in [0.05, 0.1) is 5.69 Å². The van der Waals surface area contributed by atoms with E-state index in [-0.39, 0.29) is 5.91 Å². The van der Waals surface area contributed by atoms with Crippen LogP contribution in [0.5, 0.6) is 5.75 Å². The van der Waals surface area contributed by atoms with E-state index in [1.807, 2.05) is 42.5 Å². The van der Waals surface area contributed by atoms with Crippen LogP contribution in [0.25, 0.3) is 0 Å². The number of hydrogen-bond donors (Lipinski definition) is 0. The molecule has 1 aliphatic heterocycles. The van der Waals surface area contributed by atoms with Gasteiger partial charge >= 0.3 is 0 Å². The monoisotopic (exact) mass is 269 g/mol. The Labute approximate surface area is 117 Å². The Morgan fingerprint density at radius 2 is 1.85 bits per heavy atom. The highest BCUT2D eigenvalue weighted by molar-refractivity contribution is 6.07. The van der Waals surface area contributed by atoms with Crippen LogP contribution >= 0.6 is 0 Å². The first-order chi connectivity index (χ1) is 9.81. The number of ether oxygens (including phenoxy) is 2. The van der Waals surface area contributed by atoms with Crippen molar-refractivity contribution in [3.63, 3.8) is 0 Å². The van der Waals surface area contributed by atoms with E-state index in [2.05, 4.69) is 0 Å². The summed E-state index contributed by atoms with van der Waals surface area (Å²) in [4.78, 5) is 14.4. The third kappa shape index (κ3) is 2.14. The van der Waals surface area contributed by atoms with Gasteiger partial charge in [-0.1, -0.05) is 30.3 Å². The van der Waals surface area contributed by atoms with E-state index in [1.165, 1.54) is 0 Å². The van der Waals surface area contributed by atoms with Crippen molar-refractivity contribution >= 4 is 11.6 Å². The molecule has 4 nitrogen and oxygen atoms in total. The maximum absolute atomic E-state index is 12.7. The van der Waals surface area contributed by atoms with Gasteiger partial charge in [0.1, 0.15) is 12.4 Å². The van der Waals surface area contributed by atoms with E-state index < -0.39 is 6.23 Å². The molecule has 0 N–H and O–H groups in total. The maximum atomic E-state index is 12.7. The third-order valence-electron chi connectivity index (χ3n) is 3.31. The van der Waals surface area contributed by atoms with E-state index in [0.717, 1.165) is 5.69 Å². The van der Waals surface area contributed by atoms with Crippen LogP contribution in [0.4, 0.5) is 5.69 Å². The third-order valence-corrected chi connectivity index (χ3v) is 3.31. The lowest BCUT2D eigenvalue weighted by Gasteiger charge is -2.35. The highest BCUT2D eigenvalue weighted by Crippen LogP contribution is 2.34. The topological polar surface area (TPSA) is 38.8 Å². The second-order valence-electron chi connectivity index (χ2n) is 4.51. The molecule has 2 aromatic carbocycles. The van der Waals surface area contributed by atoms with Gasteiger partial charge in [0, 0.05) is 12.7 Å². The molecule has 1 unspecified atom stereocenters. The number of methoxy groups -OCH3 is 1. The summed E-state index contributed by atoms with van der Waals surface area (Å²) >= 11 is 0. The number of anilines is 1. The minimum absolute atomic E-state index is 0.0896. The van der Waals surface area contributed by atoms with Crippen LogP contribution < -0.4 is 9.64 Å². The van der Waals surface area contributed by atoms with Crippen LogP contribution in [0.2, 0.25) is 0 Å². The van der Waals surface area contributed by atoms with Crippen LogP contribution in [0, 0.1) is 0 Å². The lowest BCUT2D eigenvalue weighted by molar-refractivity contribution is 0.0411. The summed E-state index contributed by atoms with van der Waals surface area (Å²) in [6, 6.07) is 16.7. The van der Waals surface area contributed by atoms with E-state index >= 15 is 0 Å². The Bertz CT molecular complexity index is 612. The molecule has 0 fully saturated rings. The smallest absolute Gasteiger partial charge is 0.260 e. The molecule has 0 saturated heterocycles. The fraction of sp³-hybridized carbons (Fsp3) is 0.188. The number of amides is 1. The van der Waals surface area contributed by atoms with Gasteiger partial charge in [0.15, 0.2) is 6.23 Å². The van der Waals surface area contributed by atoms with Crippen LogP contribution in [0.15, 0.2) is 54.6 Å². The quantitative estimate of drug-likeness (QED) is 0.841. The molecule has 4 heteroatoms. The molecule has 0 bridgehead atoms. The zero-order valence-electron chi connectivity index (χ0n) is 11.2. The average Bonchev–Trinajstić information content (AvgIpc) is 2.54. The van der Waals surface area contributed by atoms with E-state index in [1.54, 1.807) is 24.1 Å². The first-order valence-corrected chi connectivity index (χ1v) is 6.44. The van der Waals surface area contributed by atoms with Crippen LogP contribution in [-0.2, 0) is 4.74 Å². The van der Waals surface area contributed by atoms with Gasteiger partial charge in [-0.2, -0.15) is 0 Å². The maximum Gasteiger partial charge on any atom is 0.260 e. The summed E-state index contributed by atoms with van der Waals surface area (Å²) in [5, 5.41) is 0. The van der Waals surface area contributed by atoms with Gasteiger partial charge < -0.3 is 9.47 Å². The van der Waals surface area contributed by atoms with Crippen molar-refractivity contribution in [3.8, 4) is 5.75 Å². The summed E-state index contributed by atoms with van der Waals surface area (Å²) in [5.74, 6) is 0.610. The minimum Gasteiger partial charge on any atom is -0.487 e. The van der Waals surface area contributed by atoms with Crippen molar-refractivity contribution in [1.29, 1.82) is 0 Å². The van der Waals surface area contributed by atoms with Crippen LogP contribution in [0.1, 0.15) is 10.4 Å². The Morgan fingerprint density at radius 1 is 1.15 bits per heavy atom. The molecule has 0 saturated carbocycles. The van der Waals surface area contributed by atoms with Crippen molar-refractivity contribution in [1.82, 2.24) is 0 Å². The van der Waals surface area contributed by atoms with Gasteiger partial charge in [0.25, 0.3) is 5.91 Å². The number of carbonyl (C=O) groups is 1. The Hall–Kier alpha value is -2.33. The number of nitrogens with zero attached hydrogens (tertiary/aromatic N) is 1. The van der Waals surface area contributed by atoms with E-state index in [9.17, 15) is 4.79 Å². The fourth-order valence-corrected chi connectivity index (χ4v) is 2.30. The predicted octanol–water partition coefficient (Wildman–Crippen LogP) is 2.70. The van der Waals surface area contributed by atoms with Crippen molar-refractivity contribution in [2.75, 3.05) is 18.6 Å². The van der Waals surface area contributed by atoms with Gasteiger partial charge in [-0.3, -0.25) is 9.69 Å². The van der Waals surface area contributed by atoms with Crippen molar-refractivity contribution < 1.29 is 14.3 Å². The molecule has 2 aromatic rings. The molecular weight excluding hydrogens is 254 g/mol. The predicted molar refractivity (Wildman–Crippen MR) is 76.0 cm³/mol. The summed E-state index contributed by atoms with van der Waals surface area (Å²) in [6.07, 6.45) is -0.419. The highest BCUT2D eigenvalue weighted by Gasteiger charge is 2.32. The zero-order chi connectivity index (χ0) is 13.9. The lowest BCUT2D eigenvalue weighted by atomic mass is 10.1. The van der Waals surface area contributed by atoms with Crippen LogP contribution in [0.3, 0.4) is 0 Å². The van der Waals surface area contributed by atoms with E-state index in [4.69, 9.17) is 9.47 Å². The molecule has 0 aromatic heterocycles. The number of carbonyl (C=O) groups excluding carboxylic acids is 1. The first kappa shape index (κ1) is 12.7. The first-order valence-electron chi connectivity index (χ1n) is 6.44. The molecule has 20 heavy (non-hydrogen) atoms. The second kappa shape index (κ2) is 5.35. The molecule has 1 aliphatic rings. The average molecular weight is 269 g/mol. The Kier molecular flexibility index (Phi) is 3.39. The number of rotatable bonds is 2. The Balaban J connectivity index is 2.03. The number of para-hydroxylation sites is 2. The molecular formula is C16H15NO3. The largest absolute Gasteiger partial charge is 0.487 e. The van der Waals surface area contributed by atoms with Crippen molar-refractivity contribution in [3.05, 3.63) is 60.2 Å². The van der Waals surface area contributed by atoms with Gasteiger partial charge in [0.2, 0.25) is 0 Å². The molecule has 0 spiro atoms. The highest BCUT2D eigenvalue weighted by atomic mass is 16.5. The van der Waals surface area contributed by atoms with Crippen molar-refractivity contribution in [2.24, 2.45) is 0 Å². The fourth-order valence-electron chi connectivity index (χ4n) is 2.30. The molecule has 102 valence electrons. The normalized spacial score (nSPS) is 17.2. The minimum atomic E-state index is -0.419. The number of benzene rings is 2. The lowest BCUT2D eigenvalue weighted by Crippen LogP contribution is -2.47. The molecule has 1 atom stereocenters. The second-order valence-corrected chi connectivity index (χ2v) is 4.51. The molecule has 1 heterocycles. The summed E-state index contributed by atoms with van der Waals surface area (Å²) in [6.45, 7) is 0.325. The molecule has 1 amide bonds. The van der Waals surface area contributed by atoms with E-state index in [0.29, 0.717) is 17.9 Å². The summed E-state index contributed by atoms with van der Waals surface area (Å²) < 4.78 is 11.0. The molecule has 0 aliphatic carbocycles. The van der Waals surface area contributed by atoms with Gasteiger partial charge in [-0.25, -0.2) is 0 Å². The molecule has 0 radical (unpaired) electrons. The van der Waals surface area contributed by atoms with Gasteiger partial charge in [-0.05, 0) is 24.3 Å². The summed E-state index contributed by atoms with van der Waals surface area (Å²) in [7, 11) is 1.58. The Morgan fingerprint density at radius 3 is 2.60 bits per heavy atom. The SMILES string of the molecule is COC1COc2ccccc2N1C(=O)c1ccccc1. The standard InChI is InChI=1S/C16H15NO3/c1-19-15-11-20-14-10-6-5-9-13(14)17(15)16(18)12-7-3-2-4-8-12/h2-10,15H,11H2,1H3.